The number of esters is 1. The molecule has 22 heavy (non-hydrogen) atoms. The van der Waals surface area contributed by atoms with Gasteiger partial charge in [-0.25, -0.2) is 0 Å². The summed E-state index contributed by atoms with van der Waals surface area (Å²) < 4.78 is 5.25. The lowest BCUT2D eigenvalue weighted by molar-refractivity contribution is -0.154. The predicted molar refractivity (Wildman–Crippen MR) is 77.8 cm³/mol. The number of cyclic esters (lactones) is 1. The van der Waals surface area contributed by atoms with Crippen molar-refractivity contribution < 1.29 is 29.6 Å². The number of phenols is 2. The van der Waals surface area contributed by atoms with Crippen molar-refractivity contribution >= 4 is 11.8 Å². The number of phenolic OH excluding ortho intramolecular Hbond substituents is 2. The summed E-state index contributed by atoms with van der Waals surface area (Å²) in [5, 5.41) is 29.1. The van der Waals surface area contributed by atoms with E-state index in [9.17, 15) is 24.9 Å². The van der Waals surface area contributed by atoms with Crippen molar-refractivity contribution in [3.8, 4) is 11.5 Å². The van der Waals surface area contributed by atoms with Crippen LogP contribution in [-0.2, 0) is 16.0 Å². The Morgan fingerprint density at radius 3 is 2.64 bits per heavy atom. The Labute approximate surface area is 128 Å². The number of carbonyl (C=O) groups excluding carboxylic acids is 2. The maximum absolute atomic E-state index is 12.2. The number of benzene rings is 1. The Bertz CT molecular complexity index is 578. The fourth-order valence-electron chi connectivity index (χ4n) is 2.65. The number of Topliss-reactive ketones (excluding diaryl/α,β-unsaturated/α-hetero) is 1. The molecule has 0 saturated carbocycles. The Morgan fingerprint density at radius 1 is 1.23 bits per heavy atom. The van der Waals surface area contributed by atoms with E-state index in [2.05, 4.69) is 0 Å². The van der Waals surface area contributed by atoms with Crippen molar-refractivity contribution in [2.75, 3.05) is 0 Å². The van der Waals surface area contributed by atoms with Crippen LogP contribution in [0.4, 0.5) is 0 Å². The van der Waals surface area contributed by atoms with Crippen LogP contribution in [0.1, 0.15) is 48.5 Å². The molecule has 3 N–H and O–H groups in total. The molecule has 0 aromatic heterocycles. The fourth-order valence-corrected chi connectivity index (χ4v) is 2.65. The van der Waals surface area contributed by atoms with Crippen LogP contribution in [0, 0.1) is 0 Å². The molecule has 1 aromatic rings. The van der Waals surface area contributed by atoms with Crippen molar-refractivity contribution in [1.82, 2.24) is 0 Å². The van der Waals surface area contributed by atoms with Crippen molar-refractivity contribution in [3.05, 3.63) is 23.3 Å². The Balaban J connectivity index is 2.36. The Morgan fingerprint density at radius 2 is 1.95 bits per heavy atom. The molecule has 2 atom stereocenters. The topological polar surface area (TPSA) is 104 Å². The van der Waals surface area contributed by atoms with Gasteiger partial charge in [-0.3, -0.25) is 9.59 Å². The van der Waals surface area contributed by atoms with E-state index in [4.69, 9.17) is 4.74 Å². The normalized spacial score (nSPS) is 21.5. The molecule has 120 valence electrons. The van der Waals surface area contributed by atoms with Crippen LogP contribution < -0.4 is 0 Å². The summed E-state index contributed by atoms with van der Waals surface area (Å²) in [6.45, 7) is 1.55. The number of aliphatic hydroxyl groups is 1. The zero-order valence-electron chi connectivity index (χ0n) is 12.4. The minimum absolute atomic E-state index is 0.0604. The number of aliphatic hydroxyl groups excluding tert-OH is 1. The summed E-state index contributed by atoms with van der Waals surface area (Å²) in [6.07, 6.45) is 0.248. The van der Waals surface area contributed by atoms with Gasteiger partial charge in [-0.15, -0.1) is 0 Å². The number of carbonyl (C=O) groups is 2. The number of hydrogen-bond donors (Lipinski definition) is 3. The molecular formula is C16H20O6. The van der Waals surface area contributed by atoms with Gasteiger partial charge in [-0.05, 0) is 37.8 Å². The molecule has 1 aliphatic rings. The van der Waals surface area contributed by atoms with Gasteiger partial charge in [0.15, 0.2) is 5.78 Å². The van der Waals surface area contributed by atoms with E-state index < -0.39 is 18.2 Å². The summed E-state index contributed by atoms with van der Waals surface area (Å²) in [6, 6.07) is 2.36. The van der Waals surface area contributed by atoms with Crippen LogP contribution in [-0.4, -0.2) is 39.3 Å². The molecule has 6 heteroatoms. The molecule has 2 unspecified atom stereocenters. The highest BCUT2D eigenvalue weighted by atomic mass is 16.6. The second kappa shape index (κ2) is 6.79. The Kier molecular flexibility index (Phi) is 5.03. The quantitative estimate of drug-likeness (QED) is 0.682. The fraction of sp³-hybridized carbons (Fsp3) is 0.500. The SMILES string of the molecule is CC(O)C1CCCCC(=O)c2c(O)cc(O)cc2CC(=O)O1. The average molecular weight is 308 g/mol. The van der Waals surface area contributed by atoms with Gasteiger partial charge >= 0.3 is 5.97 Å². The maximum atomic E-state index is 12.2. The van der Waals surface area contributed by atoms with Gasteiger partial charge in [-0.1, -0.05) is 0 Å². The van der Waals surface area contributed by atoms with Crippen LogP contribution in [0.15, 0.2) is 12.1 Å². The van der Waals surface area contributed by atoms with E-state index in [1.165, 1.54) is 6.07 Å². The molecule has 0 amide bonds. The first-order chi connectivity index (χ1) is 10.4. The number of aromatic hydroxyl groups is 2. The molecule has 0 aliphatic carbocycles. The van der Waals surface area contributed by atoms with Crippen LogP contribution in [0.25, 0.3) is 0 Å². The van der Waals surface area contributed by atoms with Gasteiger partial charge in [0.1, 0.15) is 17.6 Å². The van der Waals surface area contributed by atoms with Gasteiger partial charge in [0, 0.05) is 12.5 Å². The minimum Gasteiger partial charge on any atom is -0.508 e. The molecule has 6 nitrogen and oxygen atoms in total. The number of ketones is 1. The van der Waals surface area contributed by atoms with Crippen LogP contribution >= 0.6 is 0 Å². The molecule has 0 radical (unpaired) electrons. The first-order valence-corrected chi connectivity index (χ1v) is 7.34. The molecule has 0 fully saturated rings. The number of hydrogen-bond acceptors (Lipinski definition) is 6. The first-order valence-electron chi connectivity index (χ1n) is 7.34. The lowest BCUT2D eigenvalue weighted by atomic mass is 9.96. The van der Waals surface area contributed by atoms with E-state index in [0.29, 0.717) is 19.3 Å². The largest absolute Gasteiger partial charge is 0.508 e. The third-order valence-electron chi connectivity index (χ3n) is 3.76. The zero-order chi connectivity index (χ0) is 16.3. The van der Waals surface area contributed by atoms with Crippen LogP contribution in [0.5, 0.6) is 11.5 Å². The molecule has 0 bridgehead atoms. The summed E-state index contributed by atoms with van der Waals surface area (Å²) in [7, 11) is 0. The summed E-state index contributed by atoms with van der Waals surface area (Å²) in [4.78, 5) is 24.3. The maximum Gasteiger partial charge on any atom is 0.310 e. The van der Waals surface area contributed by atoms with E-state index in [1.807, 2.05) is 0 Å². The van der Waals surface area contributed by atoms with E-state index in [-0.39, 0.29) is 41.3 Å². The molecule has 1 heterocycles. The number of fused-ring (bicyclic) bond motifs is 1. The van der Waals surface area contributed by atoms with E-state index >= 15 is 0 Å². The third kappa shape index (κ3) is 3.76. The van der Waals surface area contributed by atoms with E-state index in [0.717, 1.165) is 6.07 Å². The van der Waals surface area contributed by atoms with Gasteiger partial charge in [0.25, 0.3) is 0 Å². The molecule has 0 saturated heterocycles. The highest BCUT2D eigenvalue weighted by Gasteiger charge is 2.25. The molecule has 1 aliphatic heterocycles. The molecule has 1 aromatic carbocycles. The van der Waals surface area contributed by atoms with Crippen LogP contribution in [0.3, 0.4) is 0 Å². The Hall–Kier alpha value is -2.08. The van der Waals surface area contributed by atoms with Gasteiger partial charge in [-0.2, -0.15) is 0 Å². The van der Waals surface area contributed by atoms with Crippen molar-refractivity contribution in [1.29, 1.82) is 0 Å². The minimum atomic E-state index is -0.794. The summed E-state index contributed by atoms with van der Waals surface area (Å²) >= 11 is 0. The van der Waals surface area contributed by atoms with Gasteiger partial charge in [0.05, 0.1) is 18.1 Å². The average Bonchev–Trinajstić information content (AvgIpc) is 2.42. The van der Waals surface area contributed by atoms with Gasteiger partial charge in [0.2, 0.25) is 0 Å². The third-order valence-corrected chi connectivity index (χ3v) is 3.76. The summed E-state index contributed by atoms with van der Waals surface area (Å²) in [5.41, 5.74) is 0.295. The number of rotatable bonds is 1. The highest BCUT2D eigenvalue weighted by molar-refractivity contribution is 6.01. The molecule has 0 spiro atoms. The van der Waals surface area contributed by atoms with Gasteiger partial charge < -0.3 is 20.1 Å². The van der Waals surface area contributed by atoms with Crippen molar-refractivity contribution in [3.63, 3.8) is 0 Å². The standard InChI is InChI=1S/C16H20O6/c1-9(17)14-5-3-2-4-12(19)16-10(7-15(21)22-14)6-11(18)8-13(16)20/h6,8-9,14,17-18,20H,2-5,7H2,1H3. The summed E-state index contributed by atoms with van der Waals surface area (Å²) in [5.74, 6) is -1.43. The monoisotopic (exact) mass is 308 g/mol. The lowest BCUT2D eigenvalue weighted by Crippen LogP contribution is -2.29. The highest BCUT2D eigenvalue weighted by Crippen LogP contribution is 2.30. The second-order valence-corrected chi connectivity index (χ2v) is 5.61. The van der Waals surface area contributed by atoms with Crippen molar-refractivity contribution in [2.24, 2.45) is 0 Å². The zero-order valence-corrected chi connectivity index (χ0v) is 12.4. The smallest absolute Gasteiger partial charge is 0.310 e. The van der Waals surface area contributed by atoms with E-state index in [1.54, 1.807) is 6.92 Å². The second-order valence-electron chi connectivity index (χ2n) is 5.61. The number of ether oxygens (including phenoxy) is 1. The van der Waals surface area contributed by atoms with Crippen LogP contribution in [0.2, 0.25) is 0 Å². The molecule has 2 rings (SSSR count). The first kappa shape index (κ1) is 16.3. The molecular weight excluding hydrogens is 288 g/mol. The predicted octanol–water partition coefficient (Wildman–Crippen LogP) is 1.69. The lowest BCUT2D eigenvalue weighted by Gasteiger charge is -2.20. The van der Waals surface area contributed by atoms with Crippen molar-refractivity contribution in [2.45, 2.75) is 51.2 Å².